The first-order valence-electron chi connectivity index (χ1n) is 6.14. The summed E-state index contributed by atoms with van der Waals surface area (Å²) in [5, 5.41) is 3.04. The van der Waals surface area contributed by atoms with Crippen LogP contribution in [0.4, 0.5) is 0 Å². The molecule has 0 fully saturated rings. The Hall–Kier alpha value is -0.870. The van der Waals surface area contributed by atoms with Crippen molar-refractivity contribution in [2.45, 2.75) is 33.2 Å². The number of hydrogen-bond acceptors (Lipinski definition) is 2. The monoisotopic (exact) mass is 312 g/mol. The SMILES string of the molecule is CC(NC(=O)C(C)(C)CCN)c1ccccc1Br. The lowest BCUT2D eigenvalue weighted by molar-refractivity contribution is -0.130. The summed E-state index contributed by atoms with van der Waals surface area (Å²) in [5.74, 6) is 0.0382. The fourth-order valence-electron chi connectivity index (χ4n) is 1.77. The average Bonchev–Trinajstić information content (AvgIpc) is 2.29. The summed E-state index contributed by atoms with van der Waals surface area (Å²) in [6.07, 6.45) is 0.682. The lowest BCUT2D eigenvalue weighted by atomic mass is 9.88. The summed E-state index contributed by atoms with van der Waals surface area (Å²) in [4.78, 5) is 12.2. The number of hydrogen-bond donors (Lipinski definition) is 2. The molecule has 0 aliphatic carbocycles. The van der Waals surface area contributed by atoms with Crippen LogP contribution in [-0.2, 0) is 4.79 Å². The minimum absolute atomic E-state index is 0.0230. The molecule has 3 N–H and O–H groups in total. The molecule has 3 nitrogen and oxygen atoms in total. The average molecular weight is 313 g/mol. The quantitative estimate of drug-likeness (QED) is 0.878. The molecular weight excluding hydrogens is 292 g/mol. The Labute approximate surface area is 117 Å². The van der Waals surface area contributed by atoms with Crippen LogP contribution in [0.1, 0.15) is 38.8 Å². The zero-order chi connectivity index (χ0) is 13.8. The van der Waals surface area contributed by atoms with Crippen LogP contribution in [0.15, 0.2) is 28.7 Å². The van der Waals surface area contributed by atoms with E-state index in [-0.39, 0.29) is 11.9 Å². The molecule has 100 valence electrons. The van der Waals surface area contributed by atoms with Gasteiger partial charge >= 0.3 is 0 Å². The van der Waals surface area contributed by atoms with Gasteiger partial charge in [0.2, 0.25) is 5.91 Å². The van der Waals surface area contributed by atoms with Crippen molar-refractivity contribution in [3.8, 4) is 0 Å². The van der Waals surface area contributed by atoms with E-state index in [9.17, 15) is 4.79 Å². The number of nitrogens with one attached hydrogen (secondary N) is 1. The molecule has 0 bridgehead atoms. The molecule has 0 heterocycles. The van der Waals surface area contributed by atoms with Crippen molar-refractivity contribution < 1.29 is 4.79 Å². The fourth-order valence-corrected chi connectivity index (χ4v) is 2.40. The molecule has 1 rings (SSSR count). The zero-order valence-corrected chi connectivity index (χ0v) is 12.8. The molecule has 1 aromatic rings. The van der Waals surface area contributed by atoms with E-state index in [1.165, 1.54) is 0 Å². The van der Waals surface area contributed by atoms with Gasteiger partial charge in [0, 0.05) is 9.89 Å². The second-order valence-corrected chi connectivity index (χ2v) is 5.99. The van der Waals surface area contributed by atoms with Crippen LogP contribution in [0.2, 0.25) is 0 Å². The van der Waals surface area contributed by atoms with E-state index in [4.69, 9.17) is 5.73 Å². The smallest absolute Gasteiger partial charge is 0.226 e. The van der Waals surface area contributed by atoms with Gasteiger partial charge in [-0.25, -0.2) is 0 Å². The normalized spacial score (nSPS) is 13.2. The third-order valence-electron chi connectivity index (χ3n) is 3.10. The maximum atomic E-state index is 12.2. The van der Waals surface area contributed by atoms with E-state index >= 15 is 0 Å². The first kappa shape index (κ1) is 15.2. The number of carbonyl (C=O) groups excluding carboxylic acids is 1. The number of amides is 1. The van der Waals surface area contributed by atoms with Crippen molar-refractivity contribution in [2.24, 2.45) is 11.1 Å². The molecular formula is C14H21BrN2O. The van der Waals surface area contributed by atoms with Gasteiger partial charge in [0.1, 0.15) is 0 Å². The molecule has 0 aliphatic rings. The second-order valence-electron chi connectivity index (χ2n) is 5.14. The molecule has 1 atom stereocenters. The van der Waals surface area contributed by atoms with E-state index in [2.05, 4.69) is 21.2 Å². The van der Waals surface area contributed by atoms with Gasteiger partial charge in [-0.1, -0.05) is 48.0 Å². The summed E-state index contributed by atoms with van der Waals surface area (Å²) in [5.41, 5.74) is 6.18. The van der Waals surface area contributed by atoms with Crippen molar-refractivity contribution in [1.29, 1.82) is 0 Å². The molecule has 0 aliphatic heterocycles. The van der Waals surface area contributed by atoms with Gasteiger partial charge in [-0.05, 0) is 31.5 Å². The topological polar surface area (TPSA) is 55.1 Å². The van der Waals surface area contributed by atoms with E-state index in [1.54, 1.807) is 0 Å². The number of benzene rings is 1. The van der Waals surface area contributed by atoms with E-state index in [0.29, 0.717) is 13.0 Å². The molecule has 0 radical (unpaired) electrons. The number of carbonyl (C=O) groups is 1. The third kappa shape index (κ3) is 3.82. The van der Waals surface area contributed by atoms with Gasteiger partial charge in [0.05, 0.1) is 6.04 Å². The molecule has 1 amide bonds. The Bertz CT molecular complexity index is 418. The van der Waals surface area contributed by atoms with E-state index in [0.717, 1.165) is 10.0 Å². The molecule has 4 heteroatoms. The first-order valence-corrected chi connectivity index (χ1v) is 6.93. The summed E-state index contributed by atoms with van der Waals surface area (Å²) in [6, 6.07) is 7.88. The summed E-state index contributed by atoms with van der Waals surface area (Å²) < 4.78 is 1.01. The Morgan fingerprint density at radius 3 is 2.61 bits per heavy atom. The zero-order valence-electron chi connectivity index (χ0n) is 11.2. The Kier molecular flexibility index (Phi) is 5.35. The van der Waals surface area contributed by atoms with Gasteiger partial charge in [-0.2, -0.15) is 0 Å². The van der Waals surface area contributed by atoms with E-state index in [1.807, 2.05) is 45.0 Å². The van der Waals surface area contributed by atoms with Crippen molar-refractivity contribution >= 4 is 21.8 Å². The van der Waals surface area contributed by atoms with Crippen molar-refractivity contribution in [1.82, 2.24) is 5.32 Å². The van der Waals surface area contributed by atoms with Crippen LogP contribution >= 0.6 is 15.9 Å². The van der Waals surface area contributed by atoms with Crippen LogP contribution in [0, 0.1) is 5.41 Å². The highest BCUT2D eigenvalue weighted by Gasteiger charge is 2.28. The van der Waals surface area contributed by atoms with Crippen LogP contribution in [0.5, 0.6) is 0 Å². The summed E-state index contributed by atoms with van der Waals surface area (Å²) >= 11 is 3.50. The number of rotatable bonds is 5. The Morgan fingerprint density at radius 2 is 2.06 bits per heavy atom. The second kappa shape index (κ2) is 6.34. The maximum Gasteiger partial charge on any atom is 0.226 e. The van der Waals surface area contributed by atoms with Crippen molar-refractivity contribution in [2.75, 3.05) is 6.54 Å². The van der Waals surface area contributed by atoms with Crippen LogP contribution < -0.4 is 11.1 Å². The first-order chi connectivity index (χ1) is 8.38. The molecule has 0 saturated carbocycles. The molecule has 0 spiro atoms. The maximum absolute atomic E-state index is 12.2. The molecule has 1 unspecified atom stereocenters. The van der Waals surface area contributed by atoms with Gasteiger partial charge in [0.25, 0.3) is 0 Å². The Balaban J connectivity index is 2.74. The molecule has 18 heavy (non-hydrogen) atoms. The summed E-state index contributed by atoms with van der Waals surface area (Å²) in [7, 11) is 0. The Morgan fingerprint density at radius 1 is 1.44 bits per heavy atom. The van der Waals surface area contributed by atoms with Gasteiger partial charge < -0.3 is 11.1 Å². The minimum atomic E-state index is -0.426. The predicted molar refractivity (Wildman–Crippen MR) is 78.2 cm³/mol. The molecule has 0 aromatic heterocycles. The van der Waals surface area contributed by atoms with Gasteiger partial charge in [0.15, 0.2) is 0 Å². The number of nitrogens with two attached hydrogens (primary N) is 1. The lowest BCUT2D eigenvalue weighted by Gasteiger charge is -2.26. The third-order valence-corrected chi connectivity index (χ3v) is 3.83. The van der Waals surface area contributed by atoms with Crippen molar-refractivity contribution in [3.63, 3.8) is 0 Å². The van der Waals surface area contributed by atoms with E-state index < -0.39 is 5.41 Å². The predicted octanol–water partition coefficient (Wildman–Crippen LogP) is 3.00. The molecule has 0 saturated heterocycles. The standard InChI is InChI=1S/C14H21BrN2O/c1-10(11-6-4-5-7-12(11)15)17-13(18)14(2,3)8-9-16/h4-7,10H,8-9,16H2,1-3H3,(H,17,18). The van der Waals surface area contributed by atoms with Crippen LogP contribution in [0.25, 0.3) is 0 Å². The van der Waals surface area contributed by atoms with Crippen LogP contribution in [0.3, 0.4) is 0 Å². The molecule has 1 aromatic carbocycles. The summed E-state index contributed by atoms with van der Waals surface area (Å²) in [6.45, 7) is 6.34. The van der Waals surface area contributed by atoms with Gasteiger partial charge in [-0.15, -0.1) is 0 Å². The highest BCUT2D eigenvalue weighted by atomic mass is 79.9. The highest BCUT2D eigenvalue weighted by Crippen LogP contribution is 2.25. The van der Waals surface area contributed by atoms with Gasteiger partial charge in [-0.3, -0.25) is 4.79 Å². The highest BCUT2D eigenvalue weighted by molar-refractivity contribution is 9.10. The van der Waals surface area contributed by atoms with Crippen LogP contribution in [-0.4, -0.2) is 12.5 Å². The fraction of sp³-hybridized carbons (Fsp3) is 0.500. The number of halogens is 1. The minimum Gasteiger partial charge on any atom is -0.349 e. The largest absolute Gasteiger partial charge is 0.349 e. The van der Waals surface area contributed by atoms with Crippen molar-refractivity contribution in [3.05, 3.63) is 34.3 Å². The lowest BCUT2D eigenvalue weighted by Crippen LogP contribution is -2.39.